The van der Waals surface area contributed by atoms with Gasteiger partial charge in [-0.2, -0.15) is 0 Å². The Labute approximate surface area is 118 Å². The number of imide groups is 1. The minimum atomic E-state index is -0.468. The van der Waals surface area contributed by atoms with Gasteiger partial charge in [0.15, 0.2) is 0 Å². The molecule has 9 nitrogen and oxygen atoms in total. The molecule has 0 unspecified atom stereocenters. The van der Waals surface area contributed by atoms with E-state index in [4.69, 9.17) is 10.2 Å². The molecule has 20 heavy (non-hydrogen) atoms. The molecule has 1 aliphatic rings. The van der Waals surface area contributed by atoms with Gasteiger partial charge in [0.1, 0.15) is 0 Å². The normalized spacial score (nSPS) is 15.3. The van der Waals surface area contributed by atoms with Crippen LogP contribution in [0.2, 0.25) is 0 Å². The third-order valence-electron chi connectivity index (χ3n) is 2.52. The van der Waals surface area contributed by atoms with E-state index < -0.39 is 11.9 Å². The Morgan fingerprint density at radius 2 is 2.25 bits per heavy atom. The first-order valence-electron chi connectivity index (χ1n) is 5.87. The lowest BCUT2D eigenvalue weighted by atomic mass is 10.3. The van der Waals surface area contributed by atoms with Crippen molar-refractivity contribution in [2.24, 2.45) is 5.73 Å². The molecule has 0 aromatic carbocycles. The molecular formula is C10H13N5O4S. The summed E-state index contributed by atoms with van der Waals surface area (Å²) in [7, 11) is 0. The molecule has 0 saturated carbocycles. The first-order valence-corrected chi connectivity index (χ1v) is 6.85. The van der Waals surface area contributed by atoms with Crippen LogP contribution in [0.3, 0.4) is 0 Å². The van der Waals surface area contributed by atoms with Crippen molar-refractivity contribution in [3.8, 4) is 0 Å². The van der Waals surface area contributed by atoms with Crippen LogP contribution in [0.1, 0.15) is 12.3 Å². The van der Waals surface area contributed by atoms with E-state index in [0.717, 1.165) is 11.8 Å². The van der Waals surface area contributed by atoms with E-state index in [9.17, 15) is 14.4 Å². The molecule has 108 valence electrons. The maximum Gasteiger partial charge on any atom is 0.324 e. The van der Waals surface area contributed by atoms with E-state index in [1.807, 2.05) is 0 Å². The zero-order valence-electron chi connectivity index (χ0n) is 10.5. The van der Waals surface area contributed by atoms with Crippen LogP contribution >= 0.6 is 11.8 Å². The molecule has 1 fully saturated rings. The van der Waals surface area contributed by atoms with Crippen LogP contribution in [0, 0.1) is 0 Å². The Morgan fingerprint density at radius 1 is 1.45 bits per heavy atom. The summed E-state index contributed by atoms with van der Waals surface area (Å²) in [4.78, 5) is 34.6. The Kier molecular flexibility index (Phi) is 4.56. The molecule has 10 heteroatoms. The highest BCUT2D eigenvalue weighted by Crippen LogP contribution is 2.15. The minimum absolute atomic E-state index is 0.0677. The minimum Gasteiger partial charge on any atom is -0.416 e. The third-order valence-corrected chi connectivity index (χ3v) is 3.36. The first kappa shape index (κ1) is 14.3. The van der Waals surface area contributed by atoms with Crippen molar-refractivity contribution in [1.29, 1.82) is 0 Å². The zero-order chi connectivity index (χ0) is 14.5. The van der Waals surface area contributed by atoms with Crippen LogP contribution in [-0.4, -0.2) is 51.8 Å². The first-order chi connectivity index (χ1) is 9.54. The average Bonchev–Trinajstić information content (AvgIpc) is 2.83. The van der Waals surface area contributed by atoms with Gasteiger partial charge in [0.25, 0.3) is 5.22 Å². The number of hydrogen-bond acceptors (Lipinski definition) is 7. The molecular weight excluding hydrogens is 286 g/mol. The summed E-state index contributed by atoms with van der Waals surface area (Å²) in [5.74, 6) is -0.307. The van der Waals surface area contributed by atoms with Gasteiger partial charge in [0.2, 0.25) is 17.7 Å². The third kappa shape index (κ3) is 3.95. The fourth-order valence-electron chi connectivity index (χ4n) is 1.57. The topological polar surface area (TPSA) is 131 Å². The second-order valence-electron chi connectivity index (χ2n) is 4.06. The van der Waals surface area contributed by atoms with Crippen molar-refractivity contribution >= 4 is 29.6 Å². The van der Waals surface area contributed by atoms with Crippen molar-refractivity contribution in [1.82, 2.24) is 20.4 Å². The predicted octanol–water partition coefficient (Wildman–Crippen LogP) is -0.869. The fraction of sp³-hybridized carbons (Fsp3) is 0.500. The van der Waals surface area contributed by atoms with E-state index in [1.165, 1.54) is 4.90 Å². The van der Waals surface area contributed by atoms with Gasteiger partial charge >= 0.3 is 6.03 Å². The van der Waals surface area contributed by atoms with Gasteiger partial charge in [-0.3, -0.25) is 14.9 Å². The second kappa shape index (κ2) is 6.37. The van der Waals surface area contributed by atoms with Crippen LogP contribution in [0.4, 0.5) is 4.79 Å². The van der Waals surface area contributed by atoms with Crippen molar-refractivity contribution in [3.05, 3.63) is 5.89 Å². The van der Waals surface area contributed by atoms with Gasteiger partial charge in [-0.15, -0.1) is 10.2 Å². The fourth-order valence-corrected chi connectivity index (χ4v) is 2.09. The molecule has 1 aliphatic heterocycles. The lowest BCUT2D eigenvalue weighted by Crippen LogP contribution is -2.49. The maximum absolute atomic E-state index is 11.5. The molecule has 1 saturated heterocycles. The van der Waals surface area contributed by atoms with E-state index in [-0.39, 0.29) is 23.3 Å². The summed E-state index contributed by atoms with van der Waals surface area (Å²) in [5.41, 5.74) is 5.00. The average molecular weight is 299 g/mol. The van der Waals surface area contributed by atoms with Gasteiger partial charge in [0, 0.05) is 25.9 Å². The summed E-state index contributed by atoms with van der Waals surface area (Å²) < 4.78 is 5.29. The highest BCUT2D eigenvalue weighted by molar-refractivity contribution is 7.99. The zero-order valence-corrected chi connectivity index (χ0v) is 11.3. The smallest absolute Gasteiger partial charge is 0.324 e. The maximum atomic E-state index is 11.5. The molecule has 1 aromatic rings. The molecule has 1 aromatic heterocycles. The molecule has 0 radical (unpaired) electrons. The summed E-state index contributed by atoms with van der Waals surface area (Å²) in [6, 6.07) is -0.413. The van der Waals surface area contributed by atoms with Crippen molar-refractivity contribution in [2.45, 2.75) is 18.1 Å². The molecule has 4 amide bonds. The van der Waals surface area contributed by atoms with E-state index >= 15 is 0 Å². The number of primary amides is 1. The largest absolute Gasteiger partial charge is 0.416 e. The van der Waals surface area contributed by atoms with Gasteiger partial charge in [-0.05, 0) is 0 Å². The molecule has 0 bridgehead atoms. The summed E-state index contributed by atoms with van der Waals surface area (Å²) in [6.45, 7) is 0.753. The van der Waals surface area contributed by atoms with Gasteiger partial charge < -0.3 is 15.1 Å². The number of hydrogen-bond donors (Lipinski definition) is 2. The highest BCUT2D eigenvalue weighted by atomic mass is 32.2. The van der Waals surface area contributed by atoms with Gasteiger partial charge in [-0.25, -0.2) is 4.79 Å². The standard InChI is InChI=1S/C10H13N5O4S/c11-6(16)5-20-10-14-13-8(19-10)2-4-15-3-1-7(17)12-9(15)18/h1-5H2,(H2,11,16)(H,12,17,18). The number of nitrogens with one attached hydrogen (secondary N) is 1. The number of amides is 4. The van der Waals surface area contributed by atoms with Crippen molar-refractivity contribution in [3.63, 3.8) is 0 Å². The Hall–Kier alpha value is -2.10. The molecule has 2 rings (SSSR count). The Balaban J connectivity index is 1.80. The van der Waals surface area contributed by atoms with Gasteiger partial charge in [0.05, 0.1) is 5.75 Å². The summed E-state index contributed by atoms with van der Waals surface area (Å²) in [5, 5.41) is 10.0. The number of carbonyl (C=O) groups excluding carboxylic acids is 3. The van der Waals surface area contributed by atoms with Crippen LogP contribution in [0.15, 0.2) is 9.64 Å². The molecule has 2 heterocycles. The van der Waals surface area contributed by atoms with Crippen LogP contribution in [-0.2, 0) is 16.0 Å². The van der Waals surface area contributed by atoms with Crippen LogP contribution in [0.5, 0.6) is 0 Å². The molecule has 0 spiro atoms. The van der Waals surface area contributed by atoms with Gasteiger partial charge in [-0.1, -0.05) is 11.8 Å². The number of rotatable bonds is 6. The summed E-state index contributed by atoms with van der Waals surface area (Å²) >= 11 is 1.06. The number of nitrogens with two attached hydrogens (primary N) is 1. The highest BCUT2D eigenvalue weighted by Gasteiger charge is 2.23. The lowest BCUT2D eigenvalue weighted by Gasteiger charge is -2.25. The number of carbonyl (C=O) groups is 3. The van der Waals surface area contributed by atoms with Crippen molar-refractivity contribution < 1.29 is 18.8 Å². The number of aromatic nitrogens is 2. The summed E-state index contributed by atoms with van der Waals surface area (Å²) in [6.07, 6.45) is 0.668. The predicted molar refractivity (Wildman–Crippen MR) is 67.6 cm³/mol. The second-order valence-corrected chi connectivity index (χ2v) is 4.98. The molecule has 0 atom stereocenters. The van der Waals surface area contributed by atoms with Crippen LogP contribution in [0.25, 0.3) is 0 Å². The SMILES string of the molecule is NC(=O)CSc1nnc(CCN2CCC(=O)NC2=O)o1. The van der Waals surface area contributed by atoms with Crippen LogP contribution < -0.4 is 11.1 Å². The number of nitrogens with zero attached hydrogens (tertiary/aromatic N) is 3. The van der Waals surface area contributed by atoms with E-state index in [0.29, 0.717) is 25.4 Å². The Morgan fingerprint density at radius 3 is 2.95 bits per heavy atom. The monoisotopic (exact) mass is 299 g/mol. The quantitative estimate of drug-likeness (QED) is 0.653. The lowest BCUT2D eigenvalue weighted by molar-refractivity contribution is -0.121. The van der Waals surface area contributed by atoms with E-state index in [2.05, 4.69) is 15.5 Å². The Bertz CT molecular complexity index is 531. The number of urea groups is 1. The molecule has 0 aliphatic carbocycles. The number of thioether (sulfide) groups is 1. The van der Waals surface area contributed by atoms with Crippen molar-refractivity contribution in [2.75, 3.05) is 18.8 Å². The molecule has 3 N–H and O–H groups in total. The van der Waals surface area contributed by atoms with E-state index in [1.54, 1.807) is 0 Å².